The fourth-order valence-electron chi connectivity index (χ4n) is 3.11. The van der Waals surface area contributed by atoms with Crippen LogP contribution in [0.2, 0.25) is 0 Å². The summed E-state index contributed by atoms with van der Waals surface area (Å²) in [5.41, 5.74) is 0.464. The Morgan fingerprint density at radius 2 is 1.96 bits per heavy atom. The number of fused-ring (bicyclic) bond motifs is 1. The lowest BCUT2D eigenvalue weighted by Crippen LogP contribution is -2.33. The van der Waals surface area contributed by atoms with Gasteiger partial charge in [0, 0.05) is 34.3 Å². The highest BCUT2D eigenvalue weighted by atomic mass is 79.9. The maximum Gasteiger partial charge on any atom is 0.349 e. The summed E-state index contributed by atoms with van der Waals surface area (Å²) in [4.78, 5) is 37.4. The molecule has 0 radical (unpaired) electrons. The monoisotopic (exact) mass is 460 g/mol. The van der Waals surface area contributed by atoms with Gasteiger partial charge in [-0.3, -0.25) is 14.9 Å². The van der Waals surface area contributed by atoms with Crippen LogP contribution in [0.4, 0.5) is 5.69 Å². The summed E-state index contributed by atoms with van der Waals surface area (Å²) >= 11 is 4.92. The van der Waals surface area contributed by atoms with Gasteiger partial charge in [0.15, 0.2) is 0 Å². The normalized spacial score (nSPS) is 16.5. The van der Waals surface area contributed by atoms with Gasteiger partial charge in [0.1, 0.15) is 16.5 Å². The molecule has 0 spiro atoms. The summed E-state index contributed by atoms with van der Waals surface area (Å²) in [5.74, 6) is 0.293. The number of rotatable bonds is 3. The molecule has 0 aliphatic carbocycles. The Balaban J connectivity index is 1.68. The molecule has 28 heavy (non-hydrogen) atoms. The molecule has 2 heterocycles. The Bertz CT molecular complexity index is 1150. The molecule has 1 atom stereocenters. The summed E-state index contributed by atoms with van der Waals surface area (Å²) < 4.78 is 6.12. The lowest BCUT2D eigenvalue weighted by atomic mass is 10.1. The van der Waals surface area contributed by atoms with Crippen LogP contribution in [0.15, 0.2) is 62.2 Å². The molecule has 4 rings (SSSR count). The van der Waals surface area contributed by atoms with Gasteiger partial charge in [-0.2, -0.15) is 0 Å². The van der Waals surface area contributed by atoms with Crippen LogP contribution in [0.1, 0.15) is 21.3 Å². The average molecular weight is 461 g/mol. The fourth-order valence-corrected chi connectivity index (χ4v) is 4.75. The standard InChI is InChI=1S/C19H13BrN2O5S/c20-13-3-6-16-12(9-13)10-15(19(24)27-16)17(23)21-7-8-28-18(21)11-1-4-14(5-2-11)22(25)26/h1-6,9-10,18H,7-8H2/t18-/m1/s1. The molecule has 1 aliphatic heterocycles. The van der Waals surface area contributed by atoms with Crippen molar-refractivity contribution in [1.29, 1.82) is 0 Å². The molecule has 1 saturated heterocycles. The zero-order valence-electron chi connectivity index (χ0n) is 14.3. The Labute approximate surface area is 171 Å². The molecule has 0 saturated carbocycles. The van der Waals surface area contributed by atoms with Crippen molar-refractivity contribution in [1.82, 2.24) is 4.90 Å². The highest BCUT2D eigenvalue weighted by molar-refractivity contribution is 9.10. The third-order valence-corrected chi connectivity index (χ3v) is 6.22. The predicted molar refractivity (Wildman–Crippen MR) is 110 cm³/mol. The van der Waals surface area contributed by atoms with E-state index in [4.69, 9.17) is 4.42 Å². The third kappa shape index (κ3) is 3.43. The van der Waals surface area contributed by atoms with Crippen molar-refractivity contribution in [2.24, 2.45) is 0 Å². The minimum atomic E-state index is -0.681. The van der Waals surface area contributed by atoms with Crippen molar-refractivity contribution in [3.63, 3.8) is 0 Å². The molecule has 7 nitrogen and oxygen atoms in total. The molecule has 2 aromatic carbocycles. The first-order valence-corrected chi connectivity index (χ1v) is 10.2. The van der Waals surface area contributed by atoms with Crippen LogP contribution in [0.3, 0.4) is 0 Å². The van der Waals surface area contributed by atoms with E-state index in [1.54, 1.807) is 53.1 Å². The average Bonchev–Trinajstić information content (AvgIpc) is 3.17. The summed E-state index contributed by atoms with van der Waals surface area (Å²) in [5, 5.41) is 11.2. The van der Waals surface area contributed by atoms with Crippen LogP contribution >= 0.6 is 27.7 Å². The van der Waals surface area contributed by atoms with Crippen LogP contribution < -0.4 is 5.63 Å². The number of amides is 1. The van der Waals surface area contributed by atoms with E-state index in [0.717, 1.165) is 10.0 Å². The number of non-ortho nitro benzene ring substituents is 1. The second-order valence-corrected chi connectivity index (χ2v) is 8.30. The van der Waals surface area contributed by atoms with Crippen LogP contribution in [-0.4, -0.2) is 28.0 Å². The fraction of sp³-hybridized carbons (Fsp3) is 0.158. The van der Waals surface area contributed by atoms with Gasteiger partial charge in [0.25, 0.3) is 11.6 Å². The second kappa shape index (κ2) is 7.40. The predicted octanol–water partition coefficient (Wildman–Crippen LogP) is 4.35. The molecule has 142 valence electrons. The molecule has 0 unspecified atom stereocenters. The third-order valence-electron chi connectivity index (χ3n) is 4.47. The van der Waals surface area contributed by atoms with Gasteiger partial charge in [-0.25, -0.2) is 4.79 Å². The zero-order chi connectivity index (χ0) is 19.8. The smallest absolute Gasteiger partial charge is 0.349 e. The van der Waals surface area contributed by atoms with Gasteiger partial charge in [-0.1, -0.05) is 15.9 Å². The summed E-state index contributed by atoms with van der Waals surface area (Å²) in [6.07, 6.45) is 0. The minimum Gasteiger partial charge on any atom is -0.422 e. The van der Waals surface area contributed by atoms with Gasteiger partial charge >= 0.3 is 5.63 Å². The maximum absolute atomic E-state index is 13.1. The van der Waals surface area contributed by atoms with E-state index < -0.39 is 16.5 Å². The van der Waals surface area contributed by atoms with Crippen molar-refractivity contribution in [3.05, 3.63) is 84.7 Å². The number of thioether (sulfide) groups is 1. The van der Waals surface area contributed by atoms with Crippen molar-refractivity contribution in [3.8, 4) is 0 Å². The van der Waals surface area contributed by atoms with E-state index in [9.17, 15) is 19.7 Å². The number of hydrogen-bond donors (Lipinski definition) is 0. The van der Waals surface area contributed by atoms with Crippen molar-refractivity contribution >= 4 is 50.3 Å². The van der Waals surface area contributed by atoms with Gasteiger partial charge < -0.3 is 9.32 Å². The number of carbonyl (C=O) groups is 1. The van der Waals surface area contributed by atoms with E-state index in [0.29, 0.717) is 23.3 Å². The quantitative estimate of drug-likeness (QED) is 0.327. The van der Waals surface area contributed by atoms with Gasteiger partial charge in [0.2, 0.25) is 0 Å². The van der Waals surface area contributed by atoms with Gasteiger partial charge in [-0.15, -0.1) is 11.8 Å². The molecular weight excluding hydrogens is 448 g/mol. The lowest BCUT2D eigenvalue weighted by Gasteiger charge is -2.23. The number of benzene rings is 2. The molecule has 1 fully saturated rings. The highest BCUT2D eigenvalue weighted by Crippen LogP contribution is 2.39. The Hall–Kier alpha value is -2.65. The number of nitro benzene ring substituents is 1. The van der Waals surface area contributed by atoms with Gasteiger partial charge in [-0.05, 0) is 42.0 Å². The molecular formula is C19H13BrN2O5S. The van der Waals surface area contributed by atoms with Crippen molar-refractivity contribution in [2.75, 3.05) is 12.3 Å². The number of nitro groups is 1. The molecule has 1 aromatic heterocycles. The minimum absolute atomic E-state index is 0.00891. The van der Waals surface area contributed by atoms with Crippen LogP contribution in [0.5, 0.6) is 0 Å². The molecule has 3 aromatic rings. The van der Waals surface area contributed by atoms with Crippen LogP contribution in [0.25, 0.3) is 11.0 Å². The summed E-state index contributed by atoms with van der Waals surface area (Å²) in [6.45, 7) is 0.473. The molecule has 0 N–H and O–H groups in total. The first kappa shape index (κ1) is 18.7. The topological polar surface area (TPSA) is 93.7 Å². The van der Waals surface area contributed by atoms with E-state index in [-0.39, 0.29) is 16.6 Å². The van der Waals surface area contributed by atoms with Gasteiger partial charge in [0.05, 0.1) is 4.92 Å². The lowest BCUT2D eigenvalue weighted by molar-refractivity contribution is -0.384. The molecule has 9 heteroatoms. The Morgan fingerprint density at radius 3 is 2.68 bits per heavy atom. The molecule has 1 aliphatic rings. The maximum atomic E-state index is 13.1. The van der Waals surface area contributed by atoms with Crippen LogP contribution in [0, 0.1) is 10.1 Å². The molecule has 0 bridgehead atoms. The summed E-state index contributed by atoms with van der Waals surface area (Å²) in [7, 11) is 0. The zero-order valence-corrected chi connectivity index (χ0v) is 16.7. The van der Waals surface area contributed by atoms with Crippen molar-refractivity contribution in [2.45, 2.75) is 5.37 Å². The van der Waals surface area contributed by atoms with E-state index in [1.165, 1.54) is 12.1 Å². The van der Waals surface area contributed by atoms with Crippen LogP contribution in [-0.2, 0) is 0 Å². The highest BCUT2D eigenvalue weighted by Gasteiger charge is 2.33. The number of halogens is 1. The molecule has 1 amide bonds. The first-order chi connectivity index (χ1) is 13.4. The summed E-state index contributed by atoms with van der Waals surface area (Å²) in [6, 6.07) is 12.9. The Kier molecular flexibility index (Phi) is 4.94. The number of carbonyl (C=O) groups excluding carboxylic acids is 1. The van der Waals surface area contributed by atoms with E-state index in [2.05, 4.69) is 15.9 Å². The second-order valence-electron chi connectivity index (χ2n) is 6.20. The SMILES string of the molecule is O=C(c1cc2cc(Br)ccc2oc1=O)N1CCS[C@@H]1c1ccc([N+](=O)[O-])cc1. The van der Waals surface area contributed by atoms with E-state index in [1.807, 2.05) is 0 Å². The van der Waals surface area contributed by atoms with E-state index >= 15 is 0 Å². The number of nitrogens with zero attached hydrogens (tertiary/aromatic N) is 2. The Morgan fingerprint density at radius 1 is 1.21 bits per heavy atom. The van der Waals surface area contributed by atoms with Crippen molar-refractivity contribution < 1.29 is 14.1 Å². The largest absolute Gasteiger partial charge is 0.422 e. The number of hydrogen-bond acceptors (Lipinski definition) is 6. The first-order valence-electron chi connectivity index (χ1n) is 8.34.